The fraction of sp³-hybridized carbons (Fsp3) is 0.500. The molecule has 0 aromatic heterocycles. The predicted molar refractivity (Wildman–Crippen MR) is 68.0 cm³/mol. The summed E-state index contributed by atoms with van der Waals surface area (Å²) < 4.78 is 5.31. The number of hydrogen-bond acceptors (Lipinski definition) is 3. The summed E-state index contributed by atoms with van der Waals surface area (Å²) in [4.78, 5) is 4.48. The Bertz CT molecular complexity index is 419. The number of aliphatic imine (C=N–C) groups is 1. The minimum atomic E-state index is -0.00460. The van der Waals surface area contributed by atoms with Crippen LogP contribution in [0.2, 0.25) is 0 Å². The van der Waals surface area contributed by atoms with Crippen LogP contribution in [0.15, 0.2) is 35.3 Å². The topological polar surface area (TPSA) is 47.6 Å². The quantitative estimate of drug-likeness (QED) is 0.805. The van der Waals surface area contributed by atoms with E-state index in [-0.39, 0.29) is 5.54 Å². The van der Waals surface area contributed by atoms with Crippen molar-refractivity contribution >= 4 is 6.02 Å². The molecular weight excluding hydrogens is 212 g/mol. The third-order valence-electron chi connectivity index (χ3n) is 4.02. The fourth-order valence-corrected chi connectivity index (χ4v) is 2.98. The van der Waals surface area contributed by atoms with E-state index < -0.39 is 0 Å². The van der Waals surface area contributed by atoms with Gasteiger partial charge in [0.15, 0.2) is 0 Å². The molecule has 17 heavy (non-hydrogen) atoms. The van der Waals surface area contributed by atoms with Crippen LogP contribution in [-0.2, 0) is 4.74 Å². The third-order valence-corrected chi connectivity index (χ3v) is 4.02. The molecule has 1 aliphatic carbocycles. The number of nitrogens with zero attached hydrogens (tertiary/aromatic N) is 1. The lowest BCUT2D eigenvalue weighted by Crippen LogP contribution is -2.33. The Morgan fingerprint density at radius 2 is 1.88 bits per heavy atom. The van der Waals surface area contributed by atoms with Gasteiger partial charge in [-0.3, -0.25) is 0 Å². The van der Waals surface area contributed by atoms with Crippen LogP contribution in [0.3, 0.4) is 0 Å². The van der Waals surface area contributed by atoms with Crippen molar-refractivity contribution in [2.45, 2.75) is 37.1 Å². The van der Waals surface area contributed by atoms with Gasteiger partial charge in [-0.1, -0.05) is 30.3 Å². The summed E-state index contributed by atoms with van der Waals surface area (Å²) >= 11 is 0. The molecule has 1 aromatic rings. The van der Waals surface area contributed by atoms with E-state index in [0.29, 0.717) is 18.5 Å². The number of benzene rings is 1. The highest BCUT2D eigenvalue weighted by Crippen LogP contribution is 2.41. The van der Waals surface area contributed by atoms with Crippen molar-refractivity contribution in [3.05, 3.63) is 35.9 Å². The van der Waals surface area contributed by atoms with Crippen molar-refractivity contribution in [2.75, 3.05) is 6.61 Å². The molecular formula is C14H18N2O. The summed E-state index contributed by atoms with van der Waals surface area (Å²) in [5.41, 5.74) is 7.07. The molecule has 90 valence electrons. The van der Waals surface area contributed by atoms with Crippen molar-refractivity contribution in [1.29, 1.82) is 0 Å². The average molecular weight is 230 g/mol. The van der Waals surface area contributed by atoms with Gasteiger partial charge in [0, 0.05) is 0 Å². The molecule has 1 spiro atoms. The molecule has 0 radical (unpaired) electrons. The summed E-state index contributed by atoms with van der Waals surface area (Å²) in [6.45, 7) is 0.681. The highest BCUT2D eigenvalue weighted by Gasteiger charge is 2.39. The first-order chi connectivity index (χ1) is 8.27. The number of rotatable bonds is 1. The average Bonchev–Trinajstić information content (AvgIpc) is 2.73. The first-order valence-electron chi connectivity index (χ1n) is 6.31. The second kappa shape index (κ2) is 4.06. The van der Waals surface area contributed by atoms with Crippen LogP contribution in [0, 0.1) is 0 Å². The second-order valence-corrected chi connectivity index (χ2v) is 5.15. The Kier molecular flexibility index (Phi) is 2.54. The molecule has 0 atom stereocenters. The van der Waals surface area contributed by atoms with Gasteiger partial charge >= 0.3 is 0 Å². The predicted octanol–water partition coefficient (Wildman–Crippen LogP) is 2.43. The lowest BCUT2D eigenvalue weighted by Gasteiger charge is -2.33. The fourth-order valence-electron chi connectivity index (χ4n) is 2.98. The van der Waals surface area contributed by atoms with Crippen LogP contribution >= 0.6 is 0 Å². The Labute approximate surface area is 102 Å². The molecule has 1 aromatic carbocycles. The van der Waals surface area contributed by atoms with E-state index in [1.807, 2.05) is 0 Å². The molecule has 1 heterocycles. The lowest BCUT2D eigenvalue weighted by molar-refractivity contribution is 0.196. The molecule has 3 nitrogen and oxygen atoms in total. The molecule has 0 amide bonds. The van der Waals surface area contributed by atoms with Gasteiger partial charge in [-0.2, -0.15) is 0 Å². The maximum absolute atomic E-state index is 5.61. The molecule has 2 aliphatic rings. The summed E-state index contributed by atoms with van der Waals surface area (Å²) in [5, 5.41) is 0. The Morgan fingerprint density at radius 3 is 2.47 bits per heavy atom. The standard InChI is InChI=1S/C14H18N2O/c15-13-16-14(10-17-13)8-6-12(7-9-14)11-4-2-1-3-5-11/h1-5,12H,6-10H2,(H2,15,16). The lowest BCUT2D eigenvalue weighted by atomic mass is 9.75. The third kappa shape index (κ3) is 2.02. The van der Waals surface area contributed by atoms with Crippen LogP contribution in [0.1, 0.15) is 37.2 Å². The van der Waals surface area contributed by atoms with Crippen LogP contribution in [0.4, 0.5) is 0 Å². The van der Waals surface area contributed by atoms with E-state index in [4.69, 9.17) is 10.5 Å². The van der Waals surface area contributed by atoms with Crippen molar-refractivity contribution in [3.63, 3.8) is 0 Å². The van der Waals surface area contributed by atoms with E-state index >= 15 is 0 Å². The molecule has 0 bridgehead atoms. The SMILES string of the molecule is NC1=NC2(CCC(c3ccccc3)CC2)CO1. The molecule has 3 heteroatoms. The smallest absolute Gasteiger partial charge is 0.282 e. The van der Waals surface area contributed by atoms with Gasteiger partial charge in [0.05, 0.1) is 0 Å². The maximum atomic E-state index is 5.61. The Morgan fingerprint density at radius 1 is 1.18 bits per heavy atom. The zero-order chi connectivity index (χ0) is 11.7. The normalized spacial score (nSPS) is 32.2. The number of ether oxygens (including phenoxy) is 1. The van der Waals surface area contributed by atoms with Crippen LogP contribution in [0.5, 0.6) is 0 Å². The van der Waals surface area contributed by atoms with E-state index in [1.54, 1.807) is 0 Å². The molecule has 0 saturated heterocycles. The summed E-state index contributed by atoms with van der Waals surface area (Å²) in [5.74, 6) is 0.679. The van der Waals surface area contributed by atoms with Crippen LogP contribution in [-0.4, -0.2) is 18.2 Å². The molecule has 1 aliphatic heterocycles. The van der Waals surface area contributed by atoms with Gasteiger partial charge in [-0.05, 0) is 37.2 Å². The Balaban J connectivity index is 1.69. The van der Waals surface area contributed by atoms with Crippen molar-refractivity contribution in [2.24, 2.45) is 10.7 Å². The number of nitrogens with two attached hydrogens (primary N) is 1. The Hall–Kier alpha value is -1.51. The van der Waals surface area contributed by atoms with E-state index in [2.05, 4.69) is 35.3 Å². The van der Waals surface area contributed by atoms with Crippen LogP contribution in [0.25, 0.3) is 0 Å². The second-order valence-electron chi connectivity index (χ2n) is 5.15. The summed E-state index contributed by atoms with van der Waals surface area (Å²) in [6.07, 6.45) is 4.55. The first-order valence-corrected chi connectivity index (χ1v) is 6.31. The van der Waals surface area contributed by atoms with Gasteiger partial charge < -0.3 is 10.5 Å². The van der Waals surface area contributed by atoms with E-state index in [9.17, 15) is 0 Å². The molecule has 3 rings (SSSR count). The number of hydrogen-bond donors (Lipinski definition) is 1. The van der Waals surface area contributed by atoms with Gasteiger partial charge in [0.2, 0.25) is 0 Å². The summed E-state index contributed by atoms with van der Waals surface area (Å²) in [6, 6.07) is 11.1. The van der Waals surface area contributed by atoms with Crippen molar-refractivity contribution in [3.8, 4) is 0 Å². The zero-order valence-corrected chi connectivity index (χ0v) is 9.93. The zero-order valence-electron chi connectivity index (χ0n) is 9.93. The number of amidine groups is 1. The summed E-state index contributed by atoms with van der Waals surface area (Å²) in [7, 11) is 0. The van der Waals surface area contributed by atoms with Crippen molar-refractivity contribution < 1.29 is 4.74 Å². The van der Waals surface area contributed by atoms with Crippen LogP contribution < -0.4 is 5.73 Å². The van der Waals surface area contributed by atoms with Gasteiger partial charge in [-0.25, -0.2) is 4.99 Å². The minimum Gasteiger partial charge on any atom is -0.463 e. The molecule has 1 saturated carbocycles. The molecule has 2 N–H and O–H groups in total. The molecule has 1 fully saturated rings. The van der Waals surface area contributed by atoms with Gasteiger partial charge in [0.25, 0.3) is 6.02 Å². The minimum absolute atomic E-state index is 0.00460. The van der Waals surface area contributed by atoms with E-state index in [1.165, 1.54) is 18.4 Å². The largest absolute Gasteiger partial charge is 0.463 e. The maximum Gasteiger partial charge on any atom is 0.282 e. The molecule has 0 unspecified atom stereocenters. The van der Waals surface area contributed by atoms with E-state index in [0.717, 1.165) is 12.8 Å². The van der Waals surface area contributed by atoms with Gasteiger partial charge in [0.1, 0.15) is 12.1 Å². The van der Waals surface area contributed by atoms with Gasteiger partial charge in [-0.15, -0.1) is 0 Å². The first kappa shape index (κ1) is 10.6. The monoisotopic (exact) mass is 230 g/mol. The van der Waals surface area contributed by atoms with Crippen molar-refractivity contribution in [1.82, 2.24) is 0 Å². The highest BCUT2D eigenvalue weighted by molar-refractivity contribution is 5.73. The highest BCUT2D eigenvalue weighted by atomic mass is 16.5.